The van der Waals surface area contributed by atoms with Crippen LogP contribution in [-0.4, -0.2) is 35.1 Å². The van der Waals surface area contributed by atoms with Gasteiger partial charge in [0.1, 0.15) is 0 Å². The van der Waals surface area contributed by atoms with E-state index in [-0.39, 0.29) is 31.2 Å². The third-order valence-corrected chi connectivity index (χ3v) is 4.08. The first kappa shape index (κ1) is 13.5. The standard InChI is InChI=1S/C15H14N2O4/c18-11-6-7-15(14(21)16-11)8-12(19)17(9-15)13(20)10-4-2-1-3-5-10/h1-5H,6-9H2,(H,16,18,21). The minimum Gasteiger partial charge on any atom is -0.296 e. The summed E-state index contributed by atoms with van der Waals surface area (Å²) in [7, 11) is 0. The van der Waals surface area contributed by atoms with Gasteiger partial charge in [-0.3, -0.25) is 29.4 Å². The maximum Gasteiger partial charge on any atom is 0.260 e. The van der Waals surface area contributed by atoms with Crippen LogP contribution < -0.4 is 5.32 Å². The van der Waals surface area contributed by atoms with E-state index in [2.05, 4.69) is 5.32 Å². The quantitative estimate of drug-likeness (QED) is 0.761. The molecule has 0 saturated carbocycles. The number of amides is 4. The van der Waals surface area contributed by atoms with E-state index in [1.165, 1.54) is 0 Å². The zero-order chi connectivity index (χ0) is 15.0. The molecule has 0 aliphatic carbocycles. The van der Waals surface area contributed by atoms with Crippen molar-refractivity contribution in [1.82, 2.24) is 10.2 Å². The number of piperidine rings is 1. The lowest BCUT2D eigenvalue weighted by molar-refractivity contribution is -0.142. The molecule has 1 atom stereocenters. The molecule has 2 aliphatic heterocycles. The van der Waals surface area contributed by atoms with Gasteiger partial charge in [-0.1, -0.05) is 18.2 Å². The Hall–Kier alpha value is -2.50. The highest BCUT2D eigenvalue weighted by Crippen LogP contribution is 2.38. The second kappa shape index (κ2) is 4.80. The van der Waals surface area contributed by atoms with E-state index < -0.39 is 17.2 Å². The van der Waals surface area contributed by atoms with E-state index in [1.54, 1.807) is 30.3 Å². The first-order valence-electron chi connectivity index (χ1n) is 6.76. The first-order valence-corrected chi connectivity index (χ1v) is 6.76. The third-order valence-electron chi connectivity index (χ3n) is 4.08. The van der Waals surface area contributed by atoms with Crippen LogP contribution in [0.1, 0.15) is 29.6 Å². The molecule has 3 rings (SSSR count). The zero-order valence-electron chi connectivity index (χ0n) is 11.3. The molecular formula is C15H14N2O4. The van der Waals surface area contributed by atoms with E-state index >= 15 is 0 Å². The van der Waals surface area contributed by atoms with Crippen molar-refractivity contribution in [2.45, 2.75) is 19.3 Å². The highest BCUT2D eigenvalue weighted by atomic mass is 16.2. The molecule has 4 amide bonds. The summed E-state index contributed by atoms with van der Waals surface area (Å²) in [6.07, 6.45) is 0.485. The van der Waals surface area contributed by atoms with Crippen LogP contribution in [0.15, 0.2) is 30.3 Å². The number of benzene rings is 1. The van der Waals surface area contributed by atoms with Crippen molar-refractivity contribution < 1.29 is 19.2 Å². The van der Waals surface area contributed by atoms with E-state index in [0.29, 0.717) is 12.0 Å². The Balaban J connectivity index is 1.84. The Morgan fingerprint density at radius 1 is 1.14 bits per heavy atom. The number of carbonyl (C=O) groups excluding carboxylic acids is 4. The molecule has 1 unspecified atom stereocenters. The van der Waals surface area contributed by atoms with Crippen LogP contribution in [0.4, 0.5) is 0 Å². The molecule has 1 spiro atoms. The fraction of sp³-hybridized carbons (Fsp3) is 0.333. The molecule has 21 heavy (non-hydrogen) atoms. The molecule has 108 valence electrons. The molecule has 0 aromatic heterocycles. The summed E-state index contributed by atoms with van der Waals surface area (Å²) in [6.45, 7) is 0.0404. The van der Waals surface area contributed by atoms with Crippen molar-refractivity contribution in [2.24, 2.45) is 5.41 Å². The van der Waals surface area contributed by atoms with E-state index in [1.807, 2.05) is 0 Å². The first-order chi connectivity index (χ1) is 10.0. The summed E-state index contributed by atoms with van der Waals surface area (Å²) >= 11 is 0. The maximum atomic E-state index is 12.4. The van der Waals surface area contributed by atoms with Gasteiger partial charge in [-0.05, 0) is 18.6 Å². The van der Waals surface area contributed by atoms with Gasteiger partial charge in [0.2, 0.25) is 17.7 Å². The average molecular weight is 286 g/mol. The number of imide groups is 2. The lowest BCUT2D eigenvalue weighted by atomic mass is 9.79. The van der Waals surface area contributed by atoms with Crippen LogP contribution in [0.2, 0.25) is 0 Å². The molecule has 1 N–H and O–H groups in total. The number of nitrogens with zero attached hydrogens (tertiary/aromatic N) is 1. The molecule has 2 saturated heterocycles. The van der Waals surface area contributed by atoms with Crippen LogP contribution in [0, 0.1) is 5.41 Å². The molecule has 2 aliphatic rings. The Morgan fingerprint density at radius 2 is 1.86 bits per heavy atom. The summed E-state index contributed by atoms with van der Waals surface area (Å²) in [4.78, 5) is 48.9. The summed E-state index contributed by atoms with van der Waals surface area (Å²) < 4.78 is 0. The van der Waals surface area contributed by atoms with Gasteiger partial charge in [0.25, 0.3) is 5.91 Å². The molecule has 6 heteroatoms. The molecule has 2 heterocycles. The molecular weight excluding hydrogens is 272 g/mol. The highest BCUT2D eigenvalue weighted by molar-refractivity contribution is 6.10. The minimum absolute atomic E-state index is 0.0231. The summed E-state index contributed by atoms with van der Waals surface area (Å²) in [5.74, 6) is -1.54. The predicted molar refractivity (Wildman–Crippen MR) is 71.9 cm³/mol. The second-order valence-corrected chi connectivity index (χ2v) is 5.49. The third kappa shape index (κ3) is 2.22. The van der Waals surface area contributed by atoms with Crippen molar-refractivity contribution in [3.63, 3.8) is 0 Å². The van der Waals surface area contributed by atoms with Gasteiger partial charge in [-0.2, -0.15) is 0 Å². The van der Waals surface area contributed by atoms with Gasteiger partial charge >= 0.3 is 0 Å². The van der Waals surface area contributed by atoms with Gasteiger partial charge in [0.05, 0.1) is 5.41 Å². The molecule has 0 bridgehead atoms. The SMILES string of the molecule is O=C1CCC2(CC(=O)N(C(=O)c3ccccc3)C2)C(=O)N1. The Morgan fingerprint density at radius 3 is 2.52 bits per heavy atom. The van der Waals surface area contributed by atoms with Crippen LogP contribution >= 0.6 is 0 Å². The van der Waals surface area contributed by atoms with E-state index in [4.69, 9.17) is 0 Å². The Labute approximate surface area is 121 Å². The second-order valence-electron chi connectivity index (χ2n) is 5.49. The Bertz CT molecular complexity index is 640. The summed E-state index contributed by atoms with van der Waals surface area (Å²) in [5.41, 5.74) is -0.537. The smallest absolute Gasteiger partial charge is 0.260 e. The van der Waals surface area contributed by atoms with E-state index in [0.717, 1.165) is 4.90 Å². The number of nitrogens with one attached hydrogen (secondary N) is 1. The number of hydrogen-bond acceptors (Lipinski definition) is 4. The summed E-state index contributed by atoms with van der Waals surface area (Å²) in [5, 5.41) is 2.26. The van der Waals surface area contributed by atoms with E-state index in [9.17, 15) is 19.2 Å². The number of carbonyl (C=O) groups is 4. The van der Waals surface area contributed by atoms with Crippen molar-refractivity contribution >= 4 is 23.6 Å². The van der Waals surface area contributed by atoms with Gasteiger partial charge in [-0.25, -0.2) is 0 Å². The van der Waals surface area contributed by atoms with Crippen molar-refractivity contribution in [1.29, 1.82) is 0 Å². The highest BCUT2D eigenvalue weighted by Gasteiger charge is 2.52. The minimum atomic E-state index is -0.949. The largest absolute Gasteiger partial charge is 0.296 e. The molecule has 6 nitrogen and oxygen atoms in total. The zero-order valence-corrected chi connectivity index (χ0v) is 11.3. The van der Waals surface area contributed by atoms with Crippen molar-refractivity contribution in [3.8, 4) is 0 Å². The predicted octanol–water partition coefficient (Wildman–Crippen LogP) is 0.482. The van der Waals surface area contributed by atoms with Crippen LogP contribution in [-0.2, 0) is 14.4 Å². The van der Waals surface area contributed by atoms with Gasteiger partial charge < -0.3 is 0 Å². The van der Waals surface area contributed by atoms with Gasteiger partial charge in [0, 0.05) is 24.9 Å². The topological polar surface area (TPSA) is 83.6 Å². The lowest BCUT2D eigenvalue weighted by Gasteiger charge is -2.30. The van der Waals surface area contributed by atoms with Gasteiger partial charge in [0.15, 0.2) is 0 Å². The number of hydrogen-bond donors (Lipinski definition) is 1. The fourth-order valence-corrected chi connectivity index (χ4v) is 2.86. The van der Waals surface area contributed by atoms with Crippen LogP contribution in [0.3, 0.4) is 0 Å². The lowest BCUT2D eigenvalue weighted by Crippen LogP contribution is -2.50. The normalized spacial score (nSPS) is 25.3. The fourth-order valence-electron chi connectivity index (χ4n) is 2.86. The average Bonchev–Trinajstić information content (AvgIpc) is 2.82. The monoisotopic (exact) mass is 286 g/mol. The summed E-state index contributed by atoms with van der Waals surface area (Å²) in [6, 6.07) is 8.48. The number of likely N-dealkylation sites (tertiary alicyclic amines) is 1. The molecule has 0 radical (unpaired) electrons. The van der Waals surface area contributed by atoms with Crippen LogP contribution in [0.5, 0.6) is 0 Å². The van der Waals surface area contributed by atoms with Crippen molar-refractivity contribution in [3.05, 3.63) is 35.9 Å². The van der Waals surface area contributed by atoms with Crippen molar-refractivity contribution in [2.75, 3.05) is 6.54 Å². The maximum absolute atomic E-state index is 12.4. The number of rotatable bonds is 1. The molecule has 1 aromatic rings. The Kier molecular flexibility index (Phi) is 3.08. The molecule has 2 fully saturated rings. The van der Waals surface area contributed by atoms with Gasteiger partial charge in [-0.15, -0.1) is 0 Å². The molecule has 1 aromatic carbocycles. The van der Waals surface area contributed by atoms with Crippen LogP contribution in [0.25, 0.3) is 0 Å².